The SMILES string of the molecule is C=COCOc1ccc(C(C)CC)cc1OCOC=C. The zero-order chi connectivity index (χ0) is 14.8. The van der Waals surface area contributed by atoms with Crippen LogP contribution in [0.5, 0.6) is 11.5 Å². The Morgan fingerprint density at radius 2 is 1.65 bits per heavy atom. The molecule has 110 valence electrons. The van der Waals surface area contributed by atoms with Crippen LogP contribution in [-0.2, 0) is 9.47 Å². The standard InChI is InChI=1S/C16H22O4/c1-5-13(4)14-8-9-15(19-11-17-6-2)16(10-14)20-12-18-7-3/h6-10,13H,2-3,5,11-12H2,1,4H3. The van der Waals surface area contributed by atoms with E-state index in [2.05, 4.69) is 27.0 Å². The van der Waals surface area contributed by atoms with Crippen LogP contribution in [0.2, 0.25) is 0 Å². The van der Waals surface area contributed by atoms with Gasteiger partial charge in [0.25, 0.3) is 0 Å². The molecule has 0 radical (unpaired) electrons. The van der Waals surface area contributed by atoms with E-state index in [9.17, 15) is 0 Å². The van der Waals surface area contributed by atoms with E-state index in [0.29, 0.717) is 17.4 Å². The molecule has 20 heavy (non-hydrogen) atoms. The predicted molar refractivity (Wildman–Crippen MR) is 78.7 cm³/mol. The molecule has 0 spiro atoms. The van der Waals surface area contributed by atoms with E-state index in [-0.39, 0.29) is 13.6 Å². The van der Waals surface area contributed by atoms with E-state index < -0.39 is 0 Å². The molecule has 0 bridgehead atoms. The highest BCUT2D eigenvalue weighted by molar-refractivity contribution is 5.43. The maximum atomic E-state index is 5.54. The van der Waals surface area contributed by atoms with Crippen molar-refractivity contribution in [3.63, 3.8) is 0 Å². The van der Waals surface area contributed by atoms with Gasteiger partial charge >= 0.3 is 0 Å². The van der Waals surface area contributed by atoms with Gasteiger partial charge in [-0.15, -0.1) is 0 Å². The van der Waals surface area contributed by atoms with E-state index in [4.69, 9.17) is 18.9 Å². The Bertz CT molecular complexity index is 428. The zero-order valence-electron chi connectivity index (χ0n) is 12.1. The van der Waals surface area contributed by atoms with Crippen molar-refractivity contribution in [2.45, 2.75) is 26.2 Å². The molecular weight excluding hydrogens is 256 g/mol. The molecule has 4 heteroatoms. The first-order valence-electron chi connectivity index (χ1n) is 6.57. The summed E-state index contributed by atoms with van der Waals surface area (Å²) in [5.74, 6) is 1.68. The number of ether oxygens (including phenoxy) is 4. The van der Waals surface area contributed by atoms with Crippen LogP contribution in [0.25, 0.3) is 0 Å². The highest BCUT2D eigenvalue weighted by Gasteiger charge is 2.10. The molecule has 1 aromatic rings. The average Bonchev–Trinajstić information content (AvgIpc) is 2.48. The van der Waals surface area contributed by atoms with E-state index in [1.54, 1.807) is 0 Å². The van der Waals surface area contributed by atoms with Gasteiger partial charge in [0.2, 0.25) is 13.6 Å². The third kappa shape index (κ3) is 4.88. The lowest BCUT2D eigenvalue weighted by molar-refractivity contribution is 0.0590. The van der Waals surface area contributed by atoms with Crippen LogP contribution in [0, 0.1) is 0 Å². The van der Waals surface area contributed by atoms with Crippen LogP contribution >= 0.6 is 0 Å². The molecule has 1 aromatic carbocycles. The zero-order valence-corrected chi connectivity index (χ0v) is 12.1. The second-order valence-electron chi connectivity index (χ2n) is 4.21. The van der Waals surface area contributed by atoms with Crippen molar-refractivity contribution < 1.29 is 18.9 Å². The van der Waals surface area contributed by atoms with Gasteiger partial charge in [0.15, 0.2) is 11.5 Å². The third-order valence-corrected chi connectivity index (χ3v) is 2.95. The van der Waals surface area contributed by atoms with Crippen LogP contribution < -0.4 is 9.47 Å². The Balaban J connectivity index is 2.84. The number of hydrogen-bond acceptors (Lipinski definition) is 4. The molecule has 0 aliphatic heterocycles. The lowest BCUT2D eigenvalue weighted by atomic mass is 9.98. The maximum Gasteiger partial charge on any atom is 0.230 e. The van der Waals surface area contributed by atoms with Gasteiger partial charge in [-0.1, -0.05) is 33.1 Å². The molecule has 0 saturated heterocycles. The molecule has 1 unspecified atom stereocenters. The number of hydrogen-bond donors (Lipinski definition) is 0. The monoisotopic (exact) mass is 278 g/mol. The van der Waals surface area contributed by atoms with E-state index in [1.807, 2.05) is 18.2 Å². The summed E-state index contributed by atoms with van der Waals surface area (Å²) >= 11 is 0. The number of rotatable bonds is 10. The highest BCUT2D eigenvalue weighted by Crippen LogP contribution is 2.32. The molecule has 0 fully saturated rings. The minimum Gasteiger partial charge on any atom is -0.466 e. The molecule has 4 nitrogen and oxygen atoms in total. The van der Waals surface area contributed by atoms with Gasteiger partial charge in [-0.3, -0.25) is 0 Å². The minimum atomic E-state index is 0.0881. The minimum absolute atomic E-state index is 0.0881. The summed E-state index contributed by atoms with van der Waals surface area (Å²) in [6.07, 6.45) is 3.72. The summed E-state index contributed by atoms with van der Waals surface area (Å²) in [6.45, 7) is 11.4. The first-order valence-corrected chi connectivity index (χ1v) is 6.57. The smallest absolute Gasteiger partial charge is 0.230 e. The summed E-state index contributed by atoms with van der Waals surface area (Å²) in [7, 11) is 0. The summed E-state index contributed by atoms with van der Waals surface area (Å²) in [4.78, 5) is 0. The normalized spacial score (nSPS) is 11.3. The van der Waals surface area contributed by atoms with Gasteiger partial charge in [-0.25, -0.2) is 0 Å². The first kappa shape index (κ1) is 16.0. The molecule has 0 aromatic heterocycles. The molecule has 0 heterocycles. The predicted octanol–water partition coefficient (Wildman–Crippen LogP) is 4.19. The van der Waals surface area contributed by atoms with Gasteiger partial charge in [0, 0.05) is 0 Å². The molecule has 0 aliphatic rings. The summed E-state index contributed by atoms with van der Waals surface area (Å²) < 4.78 is 21.0. The van der Waals surface area contributed by atoms with E-state index >= 15 is 0 Å². The second kappa shape index (κ2) is 8.91. The summed E-state index contributed by atoms with van der Waals surface area (Å²) in [5, 5.41) is 0. The van der Waals surface area contributed by atoms with Crippen LogP contribution in [0.1, 0.15) is 31.7 Å². The fourth-order valence-electron chi connectivity index (χ4n) is 1.59. The first-order chi connectivity index (χ1) is 9.72. The lowest BCUT2D eigenvalue weighted by Gasteiger charge is -2.15. The fraction of sp³-hybridized carbons (Fsp3) is 0.375. The van der Waals surface area contributed by atoms with Crippen LogP contribution in [0.15, 0.2) is 43.9 Å². The van der Waals surface area contributed by atoms with E-state index in [1.165, 1.54) is 18.1 Å². The molecule has 0 aliphatic carbocycles. The average molecular weight is 278 g/mol. The van der Waals surface area contributed by atoms with Crippen LogP contribution in [0.4, 0.5) is 0 Å². The van der Waals surface area contributed by atoms with Crippen molar-refractivity contribution in [1.29, 1.82) is 0 Å². The quantitative estimate of drug-likeness (QED) is 0.365. The van der Waals surface area contributed by atoms with Gasteiger partial charge in [0.1, 0.15) is 0 Å². The fourth-order valence-corrected chi connectivity index (χ4v) is 1.59. The van der Waals surface area contributed by atoms with Crippen LogP contribution in [-0.4, -0.2) is 13.6 Å². The van der Waals surface area contributed by atoms with Crippen molar-refractivity contribution >= 4 is 0 Å². The van der Waals surface area contributed by atoms with Gasteiger partial charge < -0.3 is 18.9 Å². The molecular formula is C16H22O4. The molecule has 1 atom stereocenters. The Labute approximate surface area is 120 Å². The lowest BCUT2D eigenvalue weighted by Crippen LogP contribution is -2.05. The Morgan fingerprint density at radius 3 is 2.20 bits per heavy atom. The third-order valence-electron chi connectivity index (χ3n) is 2.95. The molecule has 0 saturated carbocycles. The highest BCUT2D eigenvalue weighted by atomic mass is 16.7. The topological polar surface area (TPSA) is 36.9 Å². The van der Waals surface area contributed by atoms with Crippen LogP contribution in [0.3, 0.4) is 0 Å². The largest absolute Gasteiger partial charge is 0.466 e. The Kier molecular flexibility index (Phi) is 7.11. The van der Waals surface area contributed by atoms with Crippen molar-refractivity contribution in [2.24, 2.45) is 0 Å². The Hall–Kier alpha value is -2.10. The van der Waals surface area contributed by atoms with E-state index in [0.717, 1.165) is 6.42 Å². The van der Waals surface area contributed by atoms with Gasteiger partial charge in [-0.2, -0.15) is 0 Å². The van der Waals surface area contributed by atoms with Crippen molar-refractivity contribution in [1.82, 2.24) is 0 Å². The molecule has 0 N–H and O–H groups in total. The van der Waals surface area contributed by atoms with Crippen molar-refractivity contribution in [2.75, 3.05) is 13.6 Å². The second-order valence-corrected chi connectivity index (χ2v) is 4.21. The van der Waals surface area contributed by atoms with Crippen molar-refractivity contribution in [3.8, 4) is 11.5 Å². The Morgan fingerprint density at radius 1 is 1.05 bits per heavy atom. The summed E-state index contributed by atoms with van der Waals surface area (Å²) in [6, 6.07) is 5.86. The maximum absolute atomic E-state index is 5.54. The molecule has 0 amide bonds. The van der Waals surface area contributed by atoms with Crippen molar-refractivity contribution in [3.05, 3.63) is 49.4 Å². The molecule has 1 rings (SSSR count). The van der Waals surface area contributed by atoms with Gasteiger partial charge in [-0.05, 0) is 30.0 Å². The number of benzene rings is 1. The summed E-state index contributed by atoms with van der Waals surface area (Å²) in [5.41, 5.74) is 1.19. The van der Waals surface area contributed by atoms with Gasteiger partial charge in [0.05, 0.1) is 12.5 Å².